The molecular formula is C15H16BrFN2O. The number of nitrogens with one attached hydrogen (secondary N) is 1. The molecule has 2 aromatic rings. The van der Waals surface area contributed by atoms with Crippen LogP contribution in [0, 0.1) is 5.82 Å². The van der Waals surface area contributed by atoms with Crippen LogP contribution in [0.25, 0.3) is 0 Å². The molecule has 0 fully saturated rings. The lowest BCUT2D eigenvalue weighted by Crippen LogP contribution is -2.18. The topological polar surface area (TPSA) is 34.2 Å². The first-order valence-corrected chi connectivity index (χ1v) is 7.22. The number of halogens is 2. The van der Waals surface area contributed by atoms with Crippen molar-refractivity contribution in [3.05, 3.63) is 52.4 Å². The molecule has 0 aliphatic rings. The molecule has 0 radical (unpaired) electrons. The van der Waals surface area contributed by atoms with Crippen molar-refractivity contribution in [3.8, 4) is 11.6 Å². The smallest absolute Gasteiger partial charge is 0.224 e. The van der Waals surface area contributed by atoms with Gasteiger partial charge in [0.05, 0.1) is 4.47 Å². The molecule has 0 aliphatic carbocycles. The van der Waals surface area contributed by atoms with E-state index in [1.165, 1.54) is 12.1 Å². The predicted octanol–water partition coefficient (Wildman–Crippen LogP) is 4.45. The summed E-state index contributed by atoms with van der Waals surface area (Å²) < 4.78 is 19.7. The van der Waals surface area contributed by atoms with Crippen LogP contribution in [-0.4, -0.2) is 11.5 Å². The number of hydrogen-bond acceptors (Lipinski definition) is 3. The first kappa shape index (κ1) is 14.9. The van der Waals surface area contributed by atoms with Gasteiger partial charge in [-0.3, -0.25) is 0 Å². The van der Waals surface area contributed by atoms with Crippen LogP contribution in [-0.2, 0) is 0 Å². The quantitative estimate of drug-likeness (QED) is 0.874. The summed E-state index contributed by atoms with van der Waals surface area (Å²) in [5, 5.41) is 3.31. The fourth-order valence-electron chi connectivity index (χ4n) is 1.89. The highest BCUT2D eigenvalue weighted by atomic mass is 79.9. The molecular weight excluding hydrogens is 323 g/mol. The Kier molecular flexibility index (Phi) is 5.09. The molecule has 20 heavy (non-hydrogen) atoms. The molecule has 1 heterocycles. The van der Waals surface area contributed by atoms with E-state index >= 15 is 0 Å². The fraction of sp³-hybridized carbons (Fsp3) is 0.267. The van der Waals surface area contributed by atoms with E-state index in [-0.39, 0.29) is 11.9 Å². The average Bonchev–Trinajstić information content (AvgIpc) is 2.44. The lowest BCUT2D eigenvalue weighted by Gasteiger charge is -2.16. The molecule has 1 unspecified atom stereocenters. The molecule has 1 N–H and O–H groups in total. The maximum atomic E-state index is 13.3. The Hall–Kier alpha value is -1.46. The zero-order chi connectivity index (χ0) is 14.5. The van der Waals surface area contributed by atoms with E-state index in [2.05, 4.69) is 26.2 Å². The number of nitrogens with zero attached hydrogens (tertiary/aromatic N) is 1. The van der Waals surface area contributed by atoms with E-state index in [1.807, 2.05) is 26.0 Å². The van der Waals surface area contributed by atoms with Crippen molar-refractivity contribution >= 4 is 15.9 Å². The Labute approximate surface area is 126 Å². The molecule has 3 nitrogen and oxygen atoms in total. The summed E-state index contributed by atoms with van der Waals surface area (Å²) in [6.07, 6.45) is 1.66. The third-order valence-electron chi connectivity index (χ3n) is 2.88. The van der Waals surface area contributed by atoms with Gasteiger partial charge in [-0.25, -0.2) is 9.37 Å². The maximum Gasteiger partial charge on any atom is 0.224 e. The maximum absolute atomic E-state index is 13.3. The van der Waals surface area contributed by atoms with Gasteiger partial charge in [0.15, 0.2) is 0 Å². The fourth-order valence-corrected chi connectivity index (χ4v) is 2.22. The van der Waals surface area contributed by atoms with Crippen molar-refractivity contribution in [2.75, 3.05) is 6.54 Å². The minimum absolute atomic E-state index is 0.107. The van der Waals surface area contributed by atoms with E-state index in [0.717, 1.165) is 12.1 Å². The first-order chi connectivity index (χ1) is 9.61. The van der Waals surface area contributed by atoms with Crippen molar-refractivity contribution in [1.82, 2.24) is 10.3 Å². The monoisotopic (exact) mass is 338 g/mol. The number of aromatic nitrogens is 1. The van der Waals surface area contributed by atoms with E-state index < -0.39 is 0 Å². The molecule has 1 aromatic heterocycles. The lowest BCUT2D eigenvalue weighted by atomic mass is 10.1. The summed E-state index contributed by atoms with van der Waals surface area (Å²) in [6, 6.07) is 8.23. The van der Waals surface area contributed by atoms with E-state index in [4.69, 9.17) is 4.74 Å². The zero-order valence-corrected chi connectivity index (χ0v) is 12.9. The second-order valence-corrected chi connectivity index (χ2v) is 5.21. The largest absolute Gasteiger partial charge is 0.437 e. The highest BCUT2D eigenvalue weighted by Crippen LogP contribution is 2.32. The molecule has 0 saturated heterocycles. The summed E-state index contributed by atoms with van der Waals surface area (Å²) in [4.78, 5) is 4.24. The molecule has 0 amide bonds. The number of ether oxygens (including phenoxy) is 1. The van der Waals surface area contributed by atoms with E-state index in [1.54, 1.807) is 12.3 Å². The van der Waals surface area contributed by atoms with Gasteiger partial charge in [0, 0.05) is 23.9 Å². The minimum atomic E-state index is -0.347. The summed E-state index contributed by atoms with van der Waals surface area (Å²) in [5.74, 6) is 0.543. The van der Waals surface area contributed by atoms with Gasteiger partial charge in [-0.1, -0.05) is 13.0 Å². The van der Waals surface area contributed by atoms with Crippen LogP contribution in [0.3, 0.4) is 0 Å². The Morgan fingerprint density at radius 2 is 2.20 bits per heavy atom. The van der Waals surface area contributed by atoms with E-state index in [0.29, 0.717) is 16.1 Å². The Morgan fingerprint density at radius 1 is 1.40 bits per heavy atom. The molecule has 106 valence electrons. The third-order valence-corrected chi connectivity index (χ3v) is 3.53. The van der Waals surface area contributed by atoms with Gasteiger partial charge < -0.3 is 10.1 Å². The molecule has 0 spiro atoms. The van der Waals surface area contributed by atoms with Crippen LogP contribution in [0.15, 0.2) is 41.0 Å². The highest BCUT2D eigenvalue weighted by Gasteiger charge is 2.14. The predicted molar refractivity (Wildman–Crippen MR) is 80.5 cm³/mol. The Morgan fingerprint density at radius 3 is 2.95 bits per heavy atom. The summed E-state index contributed by atoms with van der Waals surface area (Å²) in [7, 11) is 0. The summed E-state index contributed by atoms with van der Waals surface area (Å²) in [5.41, 5.74) is 0.936. The van der Waals surface area contributed by atoms with Crippen LogP contribution < -0.4 is 10.1 Å². The van der Waals surface area contributed by atoms with Crippen LogP contribution in [0.1, 0.15) is 25.5 Å². The van der Waals surface area contributed by atoms with Gasteiger partial charge in [0.2, 0.25) is 5.88 Å². The minimum Gasteiger partial charge on any atom is -0.437 e. The third kappa shape index (κ3) is 3.55. The number of pyridine rings is 1. The van der Waals surface area contributed by atoms with Crippen molar-refractivity contribution in [1.29, 1.82) is 0 Å². The van der Waals surface area contributed by atoms with Crippen LogP contribution in [0.5, 0.6) is 11.6 Å². The highest BCUT2D eigenvalue weighted by molar-refractivity contribution is 9.10. The van der Waals surface area contributed by atoms with Gasteiger partial charge in [-0.2, -0.15) is 0 Å². The second kappa shape index (κ2) is 6.81. The van der Waals surface area contributed by atoms with Gasteiger partial charge in [0.1, 0.15) is 11.6 Å². The van der Waals surface area contributed by atoms with Crippen LogP contribution >= 0.6 is 15.9 Å². The lowest BCUT2D eigenvalue weighted by molar-refractivity contribution is 0.438. The number of hydrogen-bond donors (Lipinski definition) is 1. The van der Waals surface area contributed by atoms with Crippen LogP contribution in [0.2, 0.25) is 0 Å². The second-order valence-electron chi connectivity index (χ2n) is 4.35. The summed E-state index contributed by atoms with van der Waals surface area (Å²) in [6.45, 7) is 4.92. The molecule has 0 saturated carbocycles. The zero-order valence-electron chi connectivity index (χ0n) is 11.4. The van der Waals surface area contributed by atoms with Crippen molar-refractivity contribution in [3.63, 3.8) is 0 Å². The molecule has 1 atom stereocenters. The first-order valence-electron chi connectivity index (χ1n) is 6.43. The van der Waals surface area contributed by atoms with Crippen LogP contribution in [0.4, 0.5) is 4.39 Å². The average molecular weight is 339 g/mol. The Bertz CT molecular complexity index is 592. The molecule has 5 heteroatoms. The van der Waals surface area contributed by atoms with E-state index in [9.17, 15) is 4.39 Å². The number of benzene rings is 1. The summed E-state index contributed by atoms with van der Waals surface area (Å²) >= 11 is 3.35. The molecule has 2 rings (SSSR count). The van der Waals surface area contributed by atoms with Crippen molar-refractivity contribution in [2.24, 2.45) is 0 Å². The standard InChI is InChI=1S/C15H16BrFN2O/c1-3-18-10(2)12-5-4-8-19-15(12)20-14-9-11(17)6-7-13(14)16/h4-10,18H,3H2,1-2H3. The van der Waals surface area contributed by atoms with Gasteiger partial charge in [-0.15, -0.1) is 0 Å². The van der Waals surface area contributed by atoms with Gasteiger partial charge >= 0.3 is 0 Å². The normalized spacial score (nSPS) is 12.2. The molecule has 1 aromatic carbocycles. The SMILES string of the molecule is CCNC(C)c1cccnc1Oc1cc(F)ccc1Br. The molecule has 0 aliphatic heterocycles. The van der Waals surface area contributed by atoms with Gasteiger partial charge in [0.25, 0.3) is 0 Å². The van der Waals surface area contributed by atoms with Crippen molar-refractivity contribution in [2.45, 2.75) is 19.9 Å². The molecule has 0 bridgehead atoms. The number of rotatable bonds is 5. The van der Waals surface area contributed by atoms with Gasteiger partial charge in [-0.05, 0) is 47.6 Å². The Balaban J connectivity index is 2.31. The van der Waals surface area contributed by atoms with Crippen molar-refractivity contribution < 1.29 is 9.13 Å².